The summed E-state index contributed by atoms with van der Waals surface area (Å²) in [6.45, 7) is 12.8. The third-order valence-corrected chi connectivity index (χ3v) is 33.2. The van der Waals surface area contributed by atoms with Crippen LogP contribution in [-0.2, 0) is 27.5 Å². The van der Waals surface area contributed by atoms with Gasteiger partial charge in [0.2, 0.25) is 0 Å². The highest BCUT2D eigenvalue weighted by atomic mass is 32.3. The number of carboxylic acid groups (broad SMARTS) is 2. The first kappa shape index (κ1) is 86.6. The van der Waals surface area contributed by atoms with E-state index in [0.29, 0.717) is 24.3 Å². The number of carbonyl (C=O) groups is 4. The third-order valence-electron chi connectivity index (χ3n) is 20.6. The van der Waals surface area contributed by atoms with Gasteiger partial charge in [-0.3, -0.25) is 28.3 Å². The summed E-state index contributed by atoms with van der Waals surface area (Å²) in [5, 5.41) is 22.0. The number of hydrogen-bond acceptors (Lipinski definition) is 6. The Labute approximate surface area is 552 Å². The van der Waals surface area contributed by atoms with Gasteiger partial charge in [0, 0.05) is 12.8 Å². The van der Waals surface area contributed by atoms with Crippen molar-refractivity contribution in [3.8, 4) is 0 Å². The lowest BCUT2D eigenvalue weighted by molar-refractivity contribution is -0.138. The van der Waals surface area contributed by atoms with Crippen LogP contribution in [0.2, 0.25) is 0 Å². The van der Waals surface area contributed by atoms with E-state index >= 15 is 0 Å². The molecule has 0 spiro atoms. The van der Waals surface area contributed by atoms with E-state index in [4.69, 9.17) is 8.37 Å². The standard InChI is InChI=1S/C78H156O8S2/c1-7-13-17-21-25-29-33-36-39-42-45-48-52-56-60-64-70-88(72-66-74(79)80,73-67-75(81)82,71-65-61-57-53-49-46-43-40-37-34-30-26-22-18-14-8-2)78(87(85-76(83)11-5)86-77(84)12-6,68-62-58-54-50-32-28-24-20-16-10-4)69-63-59-55-51-47-44-41-38-35-31-27-23-19-15-9-3/h87-88H,7-73H2,1-6H3,(H,79,80)(H,81,82). The Morgan fingerprint density at radius 1 is 0.273 bits per heavy atom. The molecule has 0 amide bonds. The quantitative estimate of drug-likeness (QED) is 0.0350. The lowest BCUT2D eigenvalue weighted by Crippen LogP contribution is -2.53. The number of carboxylic acids is 2. The molecule has 1 unspecified atom stereocenters. The molecule has 10 heteroatoms. The van der Waals surface area contributed by atoms with Crippen molar-refractivity contribution in [2.24, 2.45) is 0 Å². The van der Waals surface area contributed by atoms with Gasteiger partial charge < -0.3 is 18.6 Å². The Morgan fingerprint density at radius 3 is 0.636 bits per heavy atom. The number of unbranched alkanes of at least 4 members (excludes halogenated alkanes) is 53. The van der Waals surface area contributed by atoms with Crippen molar-refractivity contribution in [2.75, 3.05) is 23.0 Å². The number of carbonyl (C=O) groups excluding carboxylic acids is 2. The summed E-state index contributed by atoms with van der Waals surface area (Å²) >= 11 is -2.19. The molecule has 0 saturated carbocycles. The fraction of sp³-hybridized carbons (Fsp3) is 0.949. The molecule has 2 N–H and O–H groups in total. The number of thiol groups is 2. The molecular formula is C78H156O8S2. The third kappa shape index (κ3) is 45.8. The Balaban J connectivity index is 7.29. The number of hydrogen-bond donors (Lipinski definition) is 4. The van der Waals surface area contributed by atoms with Crippen LogP contribution in [0.25, 0.3) is 0 Å². The van der Waals surface area contributed by atoms with Crippen LogP contribution >= 0.6 is 20.6 Å². The van der Waals surface area contributed by atoms with Crippen molar-refractivity contribution in [3.63, 3.8) is 0 Å². The van der Waals surface area contributed by atoms with Crippen molar-refractivity contribution < 1.29 is 37.8 Å². The second-order valence-corrected chi connectivity index (χ2v) is 36.9. The largest absolute Gasteiger partial charge is 0.481 e. The molecule has 0 aliphatic carbocycles. The van der Waals surface area contributed by atoms with E-state index in [0.717, 1.165) is 88.6 Å². The highest BCUT2D eigenvalue weighted by Gasteiger charge is 2.61. The van der Waals surface area contributed by atoms with Gasteiger partial charge >= 0.3 is 23.9 Å². The first-order valence-electron chi connectivity index (χ1n) is 39.6. The highest BCUT2D eigenvalue weighted by Crippen LogP contribution is 2.87. The van der Waals surface area contributed by atoms with E-state index in [1.54, 1.807) is 0 Å². The zero-order valence-electron chi connectivity index (χ0n) is 60.1. The van der Waals surface area contributed by atoms with Crippen LogP contribution in [-0.4, -0.2) is 61.2 Å². The van der Waals surface area contributed by atoms with Crippen molar-refractivity contribution >= 4 is 44.5 Å². The van der Waals surface area contributed by atoms with Gasteiger partial charge in [0.05, 0.1) is 16.9 Å². The summed E-state index contributed by atoms with van der Waals surface area (Å²) in [5.41, 5.74) is 0. The number of rotatable bonds is 73. The molecule has 0 aromatic carbocycles. The molecule has 0 aromatic rings. The Hall–Kier alpha value is -1.42. The van der Waals surface area contributed by atoms with Crippen LogP contribution in [0, 0.1) is 0 Å². The lowest BCUT2D eigenvalue weighted by Gasteiger charge is -2.75. The van der Waals surface area contributed by atoms with Crippen molar-refractivity contribution in [3.05, 3.63) is 0 Å². The van der Waals surface area contributed by atoms with E-state index in [1.165, 1.54) is 289 Å². The molecule has 528 valence electrons. The smallest absolute Gasteiger partial charge is 0.328 e. The zero-order chi connectivity index (χ0) is 64.6. The molecule has 8 nitrogen and oxygen atoms in total. The van der Waals surface area contributed by atoms with E-state index in [2.05, 4.69) is 27.7 Å². The molecule has 0 heterocycles. The fourth-order valence-electron chi connectivity index (χ4n) is 14.8. The molecule has 0 radical (unpaired) electrons. The molecule has 88 heavy (non-hydrogen) atoms. The monoisotopic (exact) mass is 1290 g/mol. The molecular weight excluding hydrogens is 1130 g/mol. The second kappa shape index (κ2) is 63.0. The van der Waals surface area contributed by atoms with E-state index in [9.17, 15) is 29.4 Å². The number of aliphatic carboxylic acids is 2. The highest BCUT2D eigenvalue weighted by molar-refractivity contribution is 8.55. The van der Waals surface area contributed by atoms with E-state index < -0.39 is 36.6 Å². The molecule has 0 aliphatic heterocycles. The average Bonchev–Trinajstić information content (AvgIpc) is 0.863. The van der Waals surface area contributed by atoms with Gasteiger partial charge in [0.25, 0.3) is 0 Å². The Morgan fingerprint density at radius 2 is 0.455 bits per heavy atom. The molecule has 0 rings (SSSR count). The Bertz CT molecular complexity index is 1480. The Kier molecular flexibility index (Phi) is 62.0. The van der Waals surface area contributed by atoms with Crippen LogP contribution in [0.15, 0.2) is 0 Å². The van der Waals surface area contributed by atoms with Crippen molar-refractivity contribution in [1.82, 2.24) is 0 Å². The van der Waals surface area contributed by atoms with Crippen molar-refractivity contribution in [2.45, 2.75) is 450 Å². The molecule has 0 aliphatic rings. The van der Waals surface area contributed by atoms with Crippen LogP contribution in [0.5, 0.6) is 0 Å². The van der Waals surface area contributed by atoms with E-state index in [1.807, 2.05) is 13.8 Å². The van der Waals surface area contributed by atoms with Gasteiger partial charge in [0.1, 0.15) is 0 Å². The van der Waals surface area contributed by atoms with Crippen molar-refractivity contribution in [1.29, 1.82) is 0 Å². The first-order valence-corrected chi connectivity index (χ1v) is 43.8. The van der Waals surface area contributed by atoms with Gasteiger partial charge in [-0.05, 0) is 48.7 Å². The normalized spacial score (nSPS) is 13.1. The van der Waals surface area contributed by atoms with Crippen LogP contribution in [0.1, 0.15) is 446 Å². The maximum atomic E-state index is 14.1. The van der Waals surface area contributed by atoms with Gasteiger partial charge in [-0.1, -0.05) is 395 Å². The zero-order valence-corrected chi connectivity index (χ0v) is 61.9. The van der Waals surface area contributed by atoms with Crippen LogP contribution in [0.4, 0.5) is 0 Å². The first-order chi connectivity index (χ1) is 43.0. The van der Waals surface area contributed by atoms with Crippen LogP contribution in [0.3, 0.4) is 0 Å². The topological polar surface area (TPSA) is 127 Å². The summed E-state index contributed by atoms with van der Waals surface area (Å²) in [5.74, 6) is -0.0263. The maximum absolute atomic E-state index is 14.1. The lowest BCUT2D eigenvalue weighted by atomic mass is 10.0. The minimum Gasteiger partial charge on any atom is -0.481 e. The SMILES string of the molecule is CCCCCCCCCCCCCCCCCC[SH](CCCCCCCCCCCCCCCCCC)(CCC(=O)O)(CCC(=O)O)C(CCCCCCCCCCCC)(CCCCCCCCCCCCCCCCC)[SH](OC(=O)CC)OC(=O)CC. The summed E-state index contributed by atoms with van der Waals surface area (Å²) in [4.78, 5) is 55.1. The molecule has 0 saturated heterocycles. The summed E-state index contributed by atoms with van der Waals surface area (Å²) in [6.07, 6.45) is 72.5. The second-order valence-electron chi connectivity index (χ2n) is 28.3. The van der Waals surface area contributed by atoms with Crippen LogP contribution < -0.4 is 0 Å². The van der Waals surface area contributed by atoms with E-state index in [-0.39, 0.29) is 37.6 Å². The maximum Gasteiger partial charge on any atom is 0.328 e. The van der Waals surface area contributed by atoms with Gasteiger partial charge in [-0.25, -0.2) is 0 Å². The molecule has 1 atom stereocenters. The molecule has 0 aromatic heterocycles. The summed E-state index contributed by atoms with van der Waals surface area (Å²) in [7, 11) is -3.73. The predicted molar refractivity (Wildman–Crippen MR) is 393 cm³/mol. The summed E-state index contributed by atoms with van der Waals surface area (Å²) < 4.78 is 12.8. The molecule has 0 fully saturated rings. The van der Waals surface area contributed by atoms with Gasteiger partial charge in [-0.2, -0.15) is 0 Å². The summed E-state index contributed by atoms with van der Waals surface area (Å²) in [6, 6.07) is 0. The van der Waals surface area contributed by atoms with Gasteiger partial charge in [0.15, 0.2) is 0 Å². The minimum absolute atomic E-state index is 0.0413. The van der Waals surface area contributed by atoms with Gasteiger partial charge in [-0.15, -0.1) is 11.5 Å². The molecule has 0 bridgehead atoms. The minimum atomic E-state index is -3.73. The average molecular weight is 1290 g/mol. The predicted octanol–water partition coefficient (Wildman–Crippen LogP) is 26.5. The fourth-order valence-corrected chi connectivity index (χ4v) is 28.0.